The van der Waals surface area contributed by atoms with E-state index in [4.69, 9.17) is 0 Å². The first kappa shape index (κ1) is 13.5. The standard InChI is InChI=1S/C16H26N2/c1-3-5-6-9-15(17-4-2)14-11-10-13-8-7-12-18-16(13)14/h7-8,12,14-15,17H,3-6,9-11H2,1-2H3. The molecule has 2 rings (SSSR count). The Kier molecular flexibility index (Phi) is 5.18. The molecule has 100 valence electrons. The van der Waals surface area contributed by atoms with Crippen LogP contribution >= 0.6 is 0 Å². The number of hydrogen-bond acceptors (Lipinski definition) is 2. The van der Waals surface area contributed by atoms with Crippen molar-refractivity contribution in [3.8, 4) is 0 Å². The van der Waals surface area contributed by atoms with Crippen LogP contribution in [-0.2, 0) is 6.42 Å². The molecule has 2 heteroatoms. The van der Waals surface area contributed by atoms with Crippen molar-refractivity contribution in [2.24, 2.45) is 0 Å². The van der Waals surface area contributed by atoms with Crippen LogP contribution in [0.2, 0.25) is 0 Å². The maximum absolute atomic E-state index is 4.63. The lowest BCUT2D eigenvalue weighted by molar-refractivity contribution is 0.395. The molecule has 0 radical (unpaired) electrons. The summed E-state index contributed by atoms with van der Waals surface area (Å²) >= 11 is 0. The van der Waals surface area contributed by atoms with Gasteiger partial charge in [-0.3, -0.25) is 4.98 Å². The van der Waals surface area contributed by atoms with E-state index in [-0.39, 0.29) is 0 Å². The van der Waals surface area contributed by atoms with Crippen LogP contribution in [0.4, 0.5) is 0 Å². The molecule has 1 N–H and O–H groups in total. The van der Waals surface area contributed by atoms with E-state index in [0.717, 1.165) is 6.54 Å². The first-order valence-corrected chi connectivity index (χ1v) is 7.54. The third-order valence-electron chi connectivity index (χ3n) is 4.07. The smallest absolute Gasteiger partial charge is 0.0482 e. The van der Waals surface area contributed by atoms with Gasteiger partial charge >= 0.3 is 0 Å². The van der Waals surface area contributed by atoms with Gasteiger partial charge in [-0.25, -0.2) is 0 Å². The third kappa shape index (κ3) is 3.11. The molecule has 0 saturated heterocycles. The normalized spacial score (nSPS) is 19.8. The fourth-order valence-electron chi connectivity index (χ4n) is 3.16. The van der Waals surface area contributed by atoms with Crippen molar-refractivity contribution in [3.63, 3.8) is 0 Å². The predicted molar refractivity (Wildman–Crippen MR) is 76.9 cm³/mol. The van der Waals surface area contributed by atoms with Crippen molar-refractivity contribution in [1.29, 1.82) is 0 Å². The molecule has 18 heavy (non-hydrogen) atoms. The van der Waals surface area contributed by atoms with Crippen LogP contribution in [0, 0.1) is 0 Å². The van der Waals surface area contributed by atoms with Gasteiger partial charge in [0.2, 0.25) is 0 Å². The number of nitrogens with zero attached hydrogens (tertiary/aromatic N) is 1. The van der Waals surface area contributed by atoms with Crippen molar-refractivity contribution < 1.29 is 0 Å². The van der Waals surface area contributed by atoms with E-state index in [0.29, 0.717) is 12.0 Å². The summed E-state index contributed by atoms with van der Waals surface area (Å²) in [5.74, 6) is 0.637. The summed E-state index contributed by atoms with van der Waals surface area (Å²) in [6, 6.07) is 4.94. The van der Waals surface area contributed by atoms with Gasteiger partial charge in [-0.2, -0.15) is 0 Å². The highest BCUT2D eigenvalue weighted by molar-refractivity contribution is 5.29. The Balaban J connectivity index is 2.03. The van der Waals surface area contributed by atoms with E-state index in [2.05, 4.69) is 36.3 Å². The summed E-state index contributed by atoms with van der Waals surface area (Å²) in [6.45, 7) is 5.55. The zero-order valence-corrected chi connectivity index (χ0v) is 11.8. The largest absolute Gasteiger partial charge is 0.314 e. The Morgan fingerprint density at radius 1 is 1.39 bits per heavy atom. The maximum Gasteiger partial charge on any atom is 0.0482 e. The Bertz CT molecular complexity index is 362. The van der Waals surface area contributed by atoms with Crippen molar-refractivity contribution in [2.75, 3.05) is 6.54 Å². The number of nitrogens with one attached hydrogen (secondary N) is 1. The fourth-order valence-corrected chi connectivity index (χ4v) is 3.16. The van der Waals surface area contributed by atoms with Crippen molar-refractivity contribution >= 4 is 0 Å². The Labute approximate surface area is 111 Å². The average molecular weight is 246 g/mol. The van der Waals surface area contributed by atoms with Gasteiger partial charge in [0.25, 0.3) is 0 Å². The van der Waals surface area contributed by atoms with E-state index in [1.807, 2.05) is 6.20 Å². The van der Waals surface area contributed by atoms with E-state index >= 15 is 0 Å². The minimum absolute atomic E-state index is 0.623. The molecule has 2 unspecified atom stereocenters. The number of aryl methyl sites for hydroxylation is 1. The molecule has 1 aliphatic rings. The van der Waals surface area contributed by atoms with Crippen LogP contribution in [-0.4, -0.2) is 17.6 Å². The topological polar surface area (TPSA) is 24.9 Å². The zero-order valence-electron chi connectivity index (χ0n) is 11.8. The van der Waals surface area contributed by atoms with Crippen LogP contribution in [0.25, 0.3) is 0 Å². The second kappa shape index (κ2) is 6.89. The van der Waals surface area contributed by atoms with Gasteiger partial charge in [0.15, 0.2) is 0 Å². The molecular weight excluding hydrogens is 220 g/mol. The van der Waals surface area contributed by atoms with Crippen LogP contribution < -0.4 is 5.32 Å². The highest BCUT2D eigenvalue weighted by Gasteiger charge is 2.29. The Hall–Kier alpha value is -0.890. The van der Waals surface area contributed by atoms with Crippen molar-refractivity contribution in [2.45, 2.75) is 64.3 Å². The van der Waals surface area contributed by atoms with Crippen LogP contribution in [0.5, 0.6) is 0 Å². The first-order chi connectivity index (χ1) is 8.86. The molecule has 0 aromatic carbocycles. The highest BCUT2D eigenvalue weighted by Crippen LogP contribution is 2.35. The number of aromatic nitrogens is 1. The summed E-state index contributed by atoms with van der Waals surface area (Å²) in [7, 11) is 0. The van der Waals surface area contributed by atoms with Gasteiger partial charge in [0.1, 0.15) is 0 Å². The quantitative estimate of drug-likeness (QED) is 0.743. The lowest BCUT2D eigenvalue weighted by Gasteiger charge is -2.24. The molecule has 0 fully saturated rings. The number of likely N-dealkylation sites (N-methyl/N-ethyl adjacent to an activating group) is 1. The third-order valence-corrected chi connectivity index (χ3v) is 4.07. The minimum Gasteiger partial charge on any atom is -0.314 e. The SMILES string of the molecule is CCCCCC(NCC)C1CCc2cccnc21. The Morgan fingerprint density at radius 2 is 2.28 bits per heavy atom. The van der Waals surface area contributed by atoms with Crippen LogP contribution in [0.3, 0.4) is 0 Å². The molecule has 1 aromatic heterocycles. The van der Waals surface area contributed by atoms with E-state index in [9.17, 15) is 0 Å². The summed E-state index contributed by atoms with van der Waals surface area (Å²) in [5.41, 5.74) is 2.83. The van der Waals surface area contributed by atoms with Crippen LogP contribution in [0.1, 0.15) is 63.1 Å². The second-order valence-electron chi connectivity index (χ2n) is 5.35. The molecule has 0 spiro atoms. The van der Waals surface area contributed by atoms with Crippen molar-refractivity contribution in [3.05, 3.63) is 29.6 Å². The molecule has 1 heterocycles. The number of unbranched alkanes of at least 4 members (excludes halogenated alkanes) is 2. The number of fused-ring (bicyclic) bond motifs is 1. The maximum atomic E-state index is 4.63. The number of hydrogen-bond donors (Lipinski definition) is 1. The summed E-state index contributed by atoms with van der Waals surface area (Å²) in [6.07, 6.45) is 9.73. The summed E-state index contributed by atoms with van der Waals surface area (Å²) in [4.78, 5) is 4.63. The molecule has 1 aliphatic carbocycles. The molecular formula is C16H26N2. The lowest BCUT2D eigenvalue weighted by Crippen LogP contribution is -2.34. The second-order valence-corrected chi connectivity index (χ2v) is 5.35. The van der Waals surface area contributed by atoms with E-state index in [1.165, 1.54) is 49.8 Å². The zero-order chi connectivity index (χ0) is 12.8. The molecule has 0 aliphatic heterocycles. The molecule has 0 bridgehead atoms. The molecule has 2 nitrogen and oxygen atoms in total. The van der Waals surface area contributed by atoms with Gasteiger partial charge in [-0.1, -0.05) is 39.2 Å². The predicted octanol–water partition coefficient (Wildman–Crippen LogP) is 3.67. The average Bonchev–Trinajstić information content (AvgIpc) is 2.82. The van der Waals surface area contributed by atoms with E-state index in [1.54, 1.807) is 0 Å². The minimum atomic E-state index is 0.623. The monoisotopic (exact) mass is 246 g/mol. The molecule has 0 amide bonds. The van der Waals surface area contributed by atoms with Gasteiger partial charge < -0.3 is 5.32 Å². The van der Waals surface area contributed by atoms with E-state index < -0.39 is 0 Å². The highest BCUT2D eigenvalue weighted by atomic mass is 14.9. The summed E-state index contributed by atoms with van der Waals surface area (Å²) < 4.78 is 0. The van der Waals surface area contributed by atoms with Crippen molar-refractivity contribution in [1.82, 2.24) is 10.3 Å². The van der Waals surface area contributed by atoms with Crippen LogP contribution in [0.15, 0.2) is 18.3 Å². The van der Waals surface area contributed by atoms with Gasteiger partial charge in [-0.05, 0) is 37.4 Å². The molecule has 1 aromatic rings. The molecule has 2 atom stereocenters. The summed E-state index contributed by atoms with van der Waals surface area (Å²) in [5, 5.41) is 3.68. The van der Waals surface area contributed by atoms with Gasteiger partial charge in [0.05, 0.1) is 0 Å². The number of rotatable bonds is 7. The Morgan fingerprint density at radius 3 is 3.06 bits per heavy atom. The first-order valence-electron chi connectivity index (χ1n) is 7.54. The molecule has 0 saturated carbocycles. The fraction of sp³-hybridized carbons (Fsp3) is 0.688. The van der Waals surface area contributed by atoms with Gasteiger partial charge in [0, 0.05) is 23.9 Å². The lowest BCUT2D eigenvalue weighted by atomic mass is 9.92. The van der Waals surface area contributed by atoms with Gasteiger partial charge in [-0.15, -0.1) is 0 Å². The number of pyridine rings is 1.